The van der Waals surface area contributed by atoms with E-state index < -0.39 is 6.04 Å². The van der Waals surface area contributed by atoms with E-state index in [4.69, 9.17) is 5.73 Å². The topological polar surface area (TPSA) is 55.1 Å². The minimum Gasteiger partial charge on any atom is -0.355 e. The van der Waals surface area contributed by atoms with Crippen LogP contribution < -0.4 is 11.1 Å². The Morgan fingerprint density at radius 3 is 2.92 bits per heavy atom. The summed E-state index contributed by atoms with van der Waals surface area (Å²) in [7, 11) is 0. The number of hydrogen-bond acceptors (Lipinski definition) is 2. The van der Waals surface area contributed by atoms with Gasteiger partial charge in [-0.2, -0.15) is 0 Å². The Bertz CT molecular complexity index is 187. The molecule has 0 spiro atoms. The van der Waals surface area contributed by atoms with E-state index in [1.165, 1.54) is 12.8 Å². The highest BCUT2D eigenvalue weighted by Crippen LogP contribution is 2.31. The van der Waals surface area contributed by atoms with Crippen LogP contribution in [0, 0.1) is 5.92 Å². The summed E-state index contributed by atoms with van der Waals surface area (Å²) in [4.78, 5) is 11.3. The zero-order valence-electron chi connectivity index (χ0n) is 7.96. The quantitative estimate of drug-likeness (QED) is 0.597. The highest BCUT2D eigenvalue weighted by atomic mass is 16.2. The highest BCUT2D eigenvalue weighted by molar-refractivity contribution is 5.81. The minimum absolute atomic E-state index is 0.0550. The Hall–Kier alpha value is -0.830. The lowest BCUT2D eigenvalue weighted by atomic mass is 10.2. The van der Waals surface area contributed by atoms with E-state index in [0.717, 1.165) is 18.9 Å². The van der Waals surface area contributed by atoms with Gasteiger partial charge in [0.1, 0.15) is 0 Å². The molecule has 0 aromatic carbocycles. The lowest BCUT2D eigenvalue weighted by Gasteiger charge is -2.09. The van der Waals surface area contributed by atoms with Gasteiger partial charge in [-0.15, -0.1) is 6.58 Å². The second-order valence-corrected chi connectivity index (χ2v) is 3.65. The second kappa shape index (κ2) is 5.02. The molecule has 0 radical (unpaired) electrons. The summed E-state index contributed by atoms with van der Waals surface area (Å²) in [5.74, 6) is 0.802. The molecule has 1 aliphatic rings. The van der Waals surface area contributed by atoms with Crippen molar-refractivity contribution in [3.05, 3.63) is 12.7 Å². The predicted octanol–water partition coefficient (Wildman–Crippen LogP) is 0.806. The number of nitrogens with two attached hydrogens (primary N) is 1. The first-order chi connectivity index (χ1) is 6.24. The summed E-state index contributed by atoms with van der Waals surface area (Å²) in [6, 6.07) is -0.420. The van der Waals surface area contributed by atoms with Gasteiger partial charge in [0.25, 0.3) is 0 Å². The maximum atomic E-state index is 11.3. The molecule has 1 atom stereocenters. The van der Waals surface area contributed by atoms with Gasteiger partial charge in [0.2, 0.25) is 5.91 Å². The van der Waals surface area contributed by atoms with Crippen molar-refractivity contribution in [3.63, 3.8) is 0 Å². The molecular weight excluding hydrogens is 164 g/mol. The van der Waals surface area contributed by atoms with Crippen molar-refractivity contribution in [2.45, 2.75) is 31.7 Å². The summed E-state index contributed by atoms with van der Waals surface area (Å²) in [5, 5.41) is 2.83. The van der Waals surface area contributed by atoms with Gasteiger partial charge < -0.3 is 11.1 Å². The zero-order valence-corrected chi connectivity index (χ0v) is 7.96. The Kier molecular flexibility index (Phi) is 3.96. The number of hydrogen-bond donors (Lipinski definition) is 2. The van der Waals surface area contributed by atoms with Crippen LogP contribution in [0.4, 0.5) is 0 Å². The Balaban J connectivity index is 2.04. The number of nitrogens with one attached hydrogen (secondary N) is 1. The molecule has 13 heavy (non-hydrogen) atoms. The third-order valence-corrected chi connectivity index (χ3v) is 2.31. The number of rotatable bonds is 6. The molecule has 0 aromatic rings. The molecule has 0 bridgehead atoms. The molecule has 3 N–H and O–H groups in total. The van der Waals surface area contributed by atoms with E-state index in [2.05, 4.69) is 11.9 Å². The Morgan fingerprint density at radius 1 is 1.69 bits per heavy atom. The van der Waals surface area contributed by atoms with Crippen LogP contribution >= 0.6 is 0 Å². The average molecular weight is 182 g/mol. The minimum atomic E-state index is -0.420. The monoisotopic (exact) mass is 182 g/mol. The predicted molar refractivity (Wildman–Crippen MR) is 53.1 cm³/mol. The maximum Gasteiger partial charge on any atom is 0.237 e. The van der Waals surface area contributed by atoms with E-state index in [1.54, 1.807) is 6.08 Å². The van der Waals surface area contributed by atoms with Crippen LogP contribution in [-0.4, -0.2) is 18.5 Å². The molecule has 3 nitrogen and oxygen atoms in total. The molecular formula is C10H18N2O. The van der Waals surface area contributed by atoms with Crippen LogP contribution in [0.15, 0.2) is 12.7 Å². The molecule has 0 aliphatic heterocycles. The lowest BCUT2D eigenvalue weighted by molar-refractivity contribution is -0.122. The fourth-order valence-corrected chi connectivity index (χ4v) is 1.22. The average Bonchev–Trinajstić information content (AvgIpc) is 2.88. The Labute approximate surface area is 79.4 Å². The van der Waals surface area contributed by atoms with E-state index in [0.29, 0.717) is 6.42 Å². The van der Waals surface area contributed by atoms with Gasteiger partial charge in [0.15, 0.2) is 0 Å². The first kappa shape index (κ1) is 10.3. The maximum absolute atomic E-state index is 11.3. The molecule has 74 valence electrons. The lowest BCUT2D eigenvalue weighted by Crippen LogP contribution is -2.40. The Morgan fingerprint density at radius 2 is 2.38 bits per heavy atom. The van der Waals surface area contributed by atoms with Crippen molar-refractivity contribution in [2.75, 3.05) is 6.54 Å². The molecule has 1 rings (SSSR count). The third-order valence-electron chi connectivity index (χ3n) is 2.31. The summed E-state index contributed by atoms with van der Waals surface area (Å²) in [6.07, 6.45) is 5.98. The van der Waals surface area contributed by atoms with Crippen LogP contribution in [0.1, 0.15) is 25.7 Å². The molecule has 1 fully saturated rings. The SMILES string of the molecule is C=CCC(N)C(=O)NCCC1CC1. The molecule has 0 heterocycles. The summed E-state index contributed by atoms with van der Waals surface area (Å²) in [6.45, 7) is 4.31. The number of carbonyl (C=O) groups is 1. The van der Waals surface area contributed by atoms with Crippen molar-refractivity contribution < 1.29 is 4.79 Å². The van der Waals surface area contributed by atoms with Crippen LogP contribution in [0.5, 0.6) is 0 Å². The standard InChI is InChI=1S/C10H18N2O/c1-2-3-9(11)10(13)12-7-6-8-4-5-8/h2,8-9H,1,3-7,11H2,(H,12,13). The summed E-state index contributed by atoms with van der Waals surface area (Å²) < 4.78 is 0. The van der Waals surface area contributed by atoms with Crippen LogP contribution in [0.2, 0.25) is 0 Å². The van der Waals surface area contributed by atoms with Gasteiger partial charge in [-0.1, -0.05) is 18.9 Å². The fourth-order valence-electron chi connectivity index (χ4n) is 1.22. The molecule has 1 saturated carbocycles. The molecule has 0 saturated heterocycles. The largest absolute Gasteiger partial charge is 0.355 e. The van der Waals surface area contributed by atoms with E-state index >= 15 is 0 Å². The molecule has 1 unspecified atom stereocenters. The fraction of sp³-hybridized carbons (Fsp3) is 0.700. The van der Waals surface area contributed by atoms with Crippen LogP contribution in [0.3, 0.4) is 0 Å². The first-order valence-electron chi connectivity index (χ1n) is 4.88. The van der Waals surface area contributed by atoms with E-state index in [1.807, 2.05) is 0 Å². The van der Waals surface area contributed by atoms with Crippen molar-refractivity contribution in [1.82, 2.24) is 5.32 Å². The van der Waals surface area contributed by atoms with Gasteiger partial charge in [-0.3, -0.25) is 4.79 Å². The smallest absolute Gasteiger partial charge is 0.237 e. The highest BCUT2D eigenvalue weighted by Gasteiger charge is 2.21. The third kappa shape index (κ3) is 4.08. The van der Waals surface area contributed by atoms with Crippen molar-refractivity contribution in [3.8, 4) is 0 Å². The van der Waals surface area contributed by atoms with Gasteiger partial charge in [0, 0.05) is 6.54 Å². The first-order valence-corrected chi connectivity index (χ1v) is 4.88. The van der Waals surface area contributed by atoms with Gasteiger partial charge in [-0.05, 0) is 18.8 Å². The van der Waals surface area contributed by atoms with Gasteiger partial charge in [0.05, 0.1) is 6.04 Å². The van der Waals surface area contributed by atoms with Crippen LogP contribution in [0.25, 0.3) is 0 Å². The summed E-state index contributed by atoms with van der Waals surface area (Å²) >= 11 is 0. The molecule has 1 aliphatic carbocycles. The molecule has 0 aromatic heterocycles. The zero-order chi connectivity index (χ0) is 9.68. The van der Waals surface area contributed by atoms with Crippen molar-refractivity contribution >= 4 is 5.91 Å². The normalized spacial score (nSPS) is 17.9. The van der Waals surface area contributed by atoms with Crippen molar-refractivity contribution in [1.29, 1.82) is 0 Å². The van der Waals surface area contributed by atoms with Gasteiger partial charge in [-0.25, -0.2) is 0 Å². The van der Waals surface area contributed by atoms with Crippen LogP contribution in [-0.2, 0) is 4.79 Å². The van der Waals surface area contributed by atoms with Crippen molar-refractivity contribution in [2.24, 2.45) is 11.7 Å². The molecule has 3 heteroatoms. The number of carbonyl (C=O) groups excluding carboxylic acids is 1. The summed E-state index contributed by atoms with van der Waals surface area (Å²) in [5.41, 5.74) is 5.58. The molecule has 1 amide bonds. The van der Waals surface area contributed by atoms with Gasteiger partial charge >= 0.3 is 0 Å². The van der Waals surface area contributed by atoms with E-state index in [9.17, 15) is 4.79 Å². The number of amides is 1. The van der Waals surface area contributed by atoms with E-state index in [-0.39, 0.29) is 5.91 Å². The second-order valence-electron chi connectivity index (χ2n) is 3.65.